The van der Waals surface area contributed by atoms with Crippen LogP contribution in [0.25, 0.3) is 0 Å². The average molecular weight is 372 g/mol. The van der Waals surface area contributed by atoms with Crippen molar-refractivity contribution < 1.29 is 9.59 Å². The lowest BCUT2D eigenvalue weighted by molar-refractivity contribution is -0.117. The minimum atomic E-state index is 0.0720. The van der Waals surface area contributed by atoms with E-state index in [4.69, 9.17) is 0 Å². The Morgan fingerprint density at radius 1 is 1.15 bits per heavy atom. The second-order valence-electron chi connectivity index (χ2n) is 7.98. The van der Waals surface area contributed by atoms with Crippen molar-refractivity contribution in [2.24, 2.45) is 5.92 Å². The molecule has 0 radical (unpaired) electrons. The Morgan fingerprint density at radius 3 is 2.48 bits per heavy atom. The highest BCUT2D eigenvalue weighted by Crippen LogP contribution is 2.32. The molecular weight excluding hydrogens is 338 g/mol. The highest BCUT2D eigenvalue weighted by atomic mass is 16.2. The van der Waals surface area contributed by atoms with Crippen molar-refractivity contribution in [3.8, 4) is 0 Å². The number of benzene rings is 1. The molecule has 1 heterocycles. The van der Waals surface area contributed by atoms with Crippen LogP contribution in [-0.2, 0) is 4.79 Å². The van der Waals surface area contributed by atoms with E-state index in [0.717, 1.165) is 75.1 Å². The molecule has 2 aliphatic rings. The maximum Gasteiger partial charge on any atom is 0.255 e. The van der Waals surface area contributed by atoms with E-state index in [1.54, 1.807) is 0 Å². The summed E-state index contributed by atoms with van der Waals surface area (Å²) in [5.41, 5.74) is 2.53. The summed E-state index contributed by atoms with van der Waals surface area (Å²) in [5, 5.41) is 3.04. The number of anilines is 2. The molecule has 148 valence electrons. The molecule has 1 aromatic carbocycles. The van der Waals surface area contributed by atoms with Crippen molar-refractivity contribution in [3.05, 3.63) is 23.8 Å². The number of carbonyl (C=O) groups excluding carboxylic acids is 2. The predicted octanol–water partition coefficient (Wildman–Crippen LogP) is 4.29. The van der Waals surface area contributed by atoms with Crippen molar-refractivity contribution in [2.45, 2.75) is 58.3 Å². The van der Waals surface area contributed by atoms with Gasteiger partial charge in [0.15, 0.2) is 0 Å². The van der Waals surface area contributed by atoms with E-state index in [2.05, 4.69) is 17.1 Å². The first-order valence-electron chi connectivity index (χ1n) is 10.6. The zero-order valence-electron chi connectivity index (χ0n) is 16.8. The molecule has 5 nitrogen and oxygen atoms in total. The zero-order chi connectivity index (χ0) is 19.2. The molecule has 0 atom stereocenters. The average Bonchev–Trinajstić information content (AvgIpc) is 3.52. The Kier molecular flexibility index (Phi) is 6.75. The molecule has 1 aliphatic carbocycles. The summed E-state index contributed by atoms with van der Waals surface area (Å²) in [5.74, 6) is 0.354. The fourth-order valence-electron chi connectivity index (χ4n) is 3.66. The Labute approximate surface area is 163 Å². The zero-order valence-corrected chi connectivity index (χ0v) is 16.8. The van der Waals surface area contributed by atoms with Gasteiger partial charge in [0, 0.05) is 38.3 Å². The fraction of sp³-hybridized carbons (Fsp3) is 0.636. The van der Waals surface area contributed by atoms with Gasteiger partial charge in [-0.3, -0.25) is 9.59 Å². The van der Waals surface area contributed by atoms with Gasteiger partial charge in [0.05, 0.1) is 11.3 Å². The van der Waals surface area contributed by atoms with Crippen LogP contribution in [0.5, 0.6) is 0 Å². The summed E-state index contributed by atoms with van der Waals surface area (Å²) in [7, 11) is 1.88. The Balaban J connectivity index is 1.85. The van der Waals surface area contributed by atoms with Crippen LogP contribution in [0.4, 0.5) is 11.4 Å². The minimum Gasteiger partial charge on any atom is -0.371 e. The van der Waals surface area contributed by atoms with Crippen molar-refractivity contribution >= 4 is 23.2 Å². The number of hydrogen-bond acceptors (Lipinski definition) is 3. The van der Waals surface area contributed by atoms with E-state index in [9.17, 15) is 9.59 Å². The SMILES string of the molecule is CCCCN(C)C(=O)c1ccc(NC(=O)C2CC2)cc1N1CCCCCC1. The molecule has 0 spiro atoms. The van der Waals surface area contributed by atoms with Gasteiger partial charge < -0.3 is 15.1 Å². The topological polar surface area (TPSA) is 52.7 Å². The third-order valence-corrected chi connectivity index (χ3v) is 5.58. The number of carbonyl (C=O) groups is 2. The predicted molar refractivity (Wildman–Crippen MR) is 110 cm³/mol. The van der Waals surface area contributed by atoms with Gasteiger partial charge in [0.2, 0.25) is 5.91 Å². The van der Waals surface area contributed by atoms with E-state index in [-0.39, 0.29) is 17.7 Å². The first-order chi connectivity index (χ1) is 13.1. The van der Waals surface area contributed by atoms with Gasteiger partial charge >= 0.3 is 0 Å². The van der Waals surface area contributed by atoms with Crippen LogP contribution in [0.1, 0.15) is 68.6 Å². The van der Waals surface area contributed by atoms with Gasteiger partial charge in [-0.15, -0.1) is 0 Å². The van der Waals surface area contributed by atoms with Gasteiger partial charge in [-0.1, -0.05) is 26.2 Å². The number of hydrogen-bond donors (Lipinski definition) is 1. The molecule has 5 heteroatoms. The lowest BCUT2D eigenvalue weighted by Gasteiger charge is -2.27. The van der Waals surface area contributed by atoms with E-state index in [1.807, 2.05) is 30.1 Å². The maximum atomic E-state index is 13.1. The quantitative estimate of drug-likeness (QED) is 0.778. The molecule has 3 rings (SSSR count). The maximum absolute atomic E-state index is 13.1. The molecule has 2 fully saturated rings. The monoisotopic (exact) mass is 371 g/mol. The van der Waals surface area contributed by atoms with Crippen LogP contribution >= 0.6 is 0 Å². The standard InChI is InChI=1S/C22H33N3O2/c1-3-4-13-24(2)22(27)19-12-11-18(23-21(26)17-9-10-17)16-20(19)25-14-7-5-6-8-15-25/h11-12,16-17H,3-10,13-15H2,1-2H3,(H,23,26). The van der Waals surface area contributed by atoms with E-state index < -0.39 is 0 Å². The fourth-order valence-corrected chi connectivity index (χ4v) is 3.66. The number of rotatable bonds is 7. The third kappa shape index (κ3) is 5.24. The molecule has 1 saturated carbocycles. The summed E-state index contributed by atoms with van der Waals surface area (Å²) in [4.78, 5) is 29.4. The second-order valence-corrected chi connectivity index (χ2v) is 7.98. The smallest absolute Gasteiger partial charge is 0.255 e. The summed E-state index contributed by atoms with van der Waals surface area (Å²) >= 11 is 0. The van der Waals surface area contributed by atoms with Crippen LogP contribution in [0.3, 0.4) is 0 Å². The van der Waals surface area contributed by atoms with Gasteiger partial charge in [0.1, 0.15) is 0 Å². The summed E-state index contributed by atoms with van der Waals surface area (Å²) in [6.45, 7) is 4.85. The molecule has 0 unspecified atom stereocenters. The van der Waals surface area contributed by atoms with E-state index in [0.29, 0.717) is 0 Å². The molecule has 1 aliphatic heterocycles. The van der Waals surface area contributed by atoms with Crippen molar-refractivity contribution in [1.82, 2.24) is 4.90 Å². The van der Waals surface area contributed by atoms with Crippen LogP contribution < -0.4 is 10.2 Å². The van der Waals surface area contributed by atoms with Crippen molar-refractivity contribution in [2.75, 3.05) is 36.9 Å². The lowest BCUT2D eigenvalue weighted by Crippen LogP contribution is -2.31. The number of amides is 2. The molecular formula is C22H33N3O2. The molecule has 0 aromatic heterocycles. The van der Waals surface area contributed by atoms with Crippen LogP contribution in [0.15, 0.2) is 18.2 Å². The molecule has 1 N–H and O–H groups in total. The van der Waals surface area contributed by atoms with Gasteiger partial charge in [-0.25, -0.2) is 0 Å². The van der Waals surface area contributed by atoms with Crippen molar-refractivity contribution in [1.29, 1.82) is 0 Å². The molecule has 0 bridgehead atoms. The Hall–Kier alpha value is -2.04. The van der Waals surface area contributed by atoms with Gasteiger partial charge in [-0.2, -0.15) is 0 Å². The third-order valence-electron chi connectivity index (χ3n) is 5.58. The molecule has 1 aromatic rings. The van der Waals surface area contributed by atoms with Gasteiger partial charge in [0.25, 0.3) is 5.91 Å². The van der Waals surface area contributed by atoms with Crippen LogP contribution in [0.2, 0.25) is 0 Å². The molecule has 2 amide bonds. The number of nitrogens with one attached hydrogen (secondary N) is 1. The normalized spacial score (nSPS) is 17.3. The van der Waals surface area contributed by atoms with Crippen LogP contribution in [-0.4, -0.2) is 43.4 Å². The second kappa shape index (κ2) is 9.25. The number of nitrogens with zero attached hydrogens (tertiary/aromatic N) is 2. The van der Waals surface area contributed by atoms with E-state index in [1.165, 1.54) is 12.8 Å². The largest absolute Gasteiger partial charge is 0.371 e. The summed E-state index contributed by atoms with van der Waals surface area (Å²) < 4.78 is 0. The highest BCUT2D eigenvalue weighted by Gasteiger charge is 2.30. The molecule has 27 heavy (non-hydrogen) atoms. The first kappa shape index (κ1) is 19.7. The highest BCUT2D eigenvalue weighted by molar-refractivity contribution is 6.01. The first-order valence-corrected chi connectivity index (χ1v) is 10.6. The van der Waals surface area contributed by atoms with E-state index >= 15 is 0 Å². The van der Waals surface area contributed by atoms with Crippen LogP contribution in [0, 0.1) is 5.92 Å². The Morgan fingerprint density at radius 2 is 1.85 bits per heavy atom. The van der Waals surface area contributed by atoms with Gasteiger partial charge in [-0.05, 0) is 50.3 Å². The lowest BCUT2D eigenvalue weighted by atomic mass is 10.1. The minimum absolute atomic E-state index is 0.0720. The Bertz CT molecular complexity index is 662. The van der Waals surface area contributed by atoms with Crippen molar-refractivity contribution in [3.63, 3.8) is 0 Å². The summed E-state index contributed by atoms with van der Waals surface area (Å²) in [6.07, 6.45) is 8.85. The summed E-state index contributed by atoms with van der Waals surface area (Å²) in [6, 6.07) is 5.78. The molecule has 1 saturated heterocycles. The number of unbranched alkanes of at least 4 members (excludes halogenated alkanes) is 1.